The van der Waals surface area contributed by atoms with Crippen LogP contribution >= 0.6 is 0 Å². The van der Waals surface area contributed by atoms with Crippen LogP contribution in [0, 0.1) is 0 Å². The number of Topliss-reactive ketones (excluding diaryl/α,β-unsaturated/α-hetero) is 1. The van der Waals surface area contributed by atoms with Gasteiger partial charge in [-0.1, -0.05) is 31.2 Å². The van der Waals surface area contributed by atoms with Crippen LogP contribution in [-0.4, -0.2) is 17.5 Å². The zero-order valence-electron chi connectivity index (χ0n) is 7.79. The van der Waals surface area contributed by atoms with Gasteiger partial charge in [-0.2, -0.15) is 0 Å². The lowest BCUT2D eigenvalue weighted by Crippen LogP contribution is -2.01. The van der Waals surface area contributed by atoms with Gasteiger partial charge in [-0.25, -0.2) is 0 Å². The zero-order valence-corrected chi connectivity index (χ0v) is 7.79. The maximum atomic E-state index is 11.3. The Morgan fingerprint density at radius 3 is 2.38 bits per heavy atom. The van der Waals surface area contributed by atoms with Gasteiger partial charge in [-0.15, -0.1) is 0 Å². The van der Waals surface area contributed by atoms with Gasteiger partial charge >= 0.3 is 0 Å². The molecule has 0 spiro atoms. The van der Waals surface area contributed by atoms with Crippen molar-refractivity contribution < 1.29 is 9.90 Å². The second-order valence-corrected chi connectivity index (χ2v) is 2.95. The van der Waals surface area contributed by atoms with Crippen LogP contribution in [0.15, 0.2) is 24.3 Å². The molecular weight excluding hydrogens is 164 g/mol. The Labute approximate surface area is 78.2 Å². The van der Waals surface area contributed by atoms with Crippen molar-refractivity contribution in [3.63, 3.8) is 0 Å². The highest BCUT2D eigenvalue weighted by Gasteiger charge is 2.03. The van der Waals surface area contributed by atoms with Crippen molar-refractivity contribution in [1.29, 1.82) is 0 Å². The van der Waals surface area contributed by atoms with Gasteiger partial charge in [-0.05, 0) is 12.0 Å². The van der Waals surface area contributed by atoms with Crippen molar-refractivity contribution in [2.45, 2.75) is 19.8 Å². The molecule has 1 aromatic rings. The van der Waals surface area contributed by atoms with E-state index in [-0.39, 0.29) is 18.8 Å². The number of rotatable bonds is 4. The number of aliphatic hydroxyl groups is 1. The Kier molecular flexibility index (Phi) is 3.65. The lowest BCUT2D eigenvalue weighted by atomic mass is 10.1. The van der Waals surface area contributed by atoms with Crippen molar-refractivity contribution in [2.24, 2.45) is 0 Å². The van der Waals surface area contributed by atoms with E-state index < -0.39 is 0 Å². The molecule has 0 saturated carbocycles. The molecule has 0 aliphatic heterocycles. The van der Waals surface area contributed by atoms with E-state index in [1.807, 2.05) is 24.3 Å². The largest absolute Gasteiger partial charge is 0.396 e. The Morgan fingerprint density at radius 2 is 1.92 bits per heavy atom. The fourth-order valence-corrected chi connectivity index (χ4v) is 1.17. The molecule has 0 fully saturated rings. The molecule has 2 heteroatoms. The van der Waals surface area contributed by atoms with E-state index in [4.69, 9.17) is 5.11 Å². The number of carbonyl (C=O) groups excluding carboxylic acids is 1. The predicted octanol–water partition coefficient (Wildman–Crippen LogP) is 1.81. The van der Waals surface area contributed by atoms with Crippen LogP contribution in [0.4, 0.5) is 0 Å². The molecule has 0 heterocycles. The molecule has 0 aliphatic rings. The maximum Gasteiger partial charge on any atom is 0.165 e. The third kappa shape index (κ3) is 2.67. The van der Waals surface area contributed by atoms with E-state index in [9.17, 15) is 4.79 Å². The van der Waals surface area contributed by atoms with Crippen LogP contribution in [0.2, 0.25) is 0 Å². The molecule has 1 N–H and O–H groups in total. The zero-order chi connectivity index (χ0) is 9.68. The molecule has 2 nitrogen and oxygen atoms in total. The third-order valence-corrected chi connectivity index (χ3v) is 2.02. The molecule has 1 rings (SSSR count). The van der Waals surface area contributed by atoms with Gasteiger partial charge in [0.2, 0.25) is 0 Å². The number of carbonyl (C=O) groups is 1. The molecule has 0 aliphatic carbocycles. The number of hydrogen-bond acceptors (Lipinski definition) is 2. The highest BCUT2D eigenvalue weighted by Crippen LogP contribution is 2.07. The van der Waals surface area contributed by atoms with Crippen LogP contribution in [0.25, 0.3) is 0 Å². The van der Waals surface area contributed by atoms with E-state index >= 15 is 0 Å². The fraction of sp³-hybridized carbons (Fsp3) is 0.364. The number of ketones is 1. The van der Waals surface area contributed by atoms with Crippen molar-refractivity contribution >= 4 is 5.78 Å². The number of aryl methyl sites for hydroxylation is 1. The van der Waals surface area contributed by atoms with E-state index in [1.165, 1.54) is 5.56 Å². The Balaban J connectivity index is 2.74. The second-order valence-electron chi connectivity index (χ2n) is 2.95. The SMILES string of the molecule is CCc1ccc(C(=O)CCO)cc1. The molecule has 0 bridgehead atoms. The summed E-state index contributed by atoms with van der Waals surface area (Å²) in [6.45, 7) is 2.00. The minimum Gasteiger partial charge on any atom is -0.396 e. The van der Waals surface area contributed by atoms with E-state index in [0.29, 0.717) is 5.56 Å². The van der Waals surface area contributed by atoms with Crippen LogP contribution in [-0.2, 0) is 6.42 Å². The highest BCUT2D eigenvalue weighted by molar-refractivity contribution is 5.96. The van der Waals surface area contributed by atoms with Gasteiger partial charge in [0.15, 0.2) is 5.78 Å². The number of hydrogen-bond donors (Lipinski definition) is 1. The first-order valence-corrected chi connectivity index (χ1v) is 4.51. The highest BCUT2D eigenvalue weighted by atomic mass is 16.3. The van der Waals surface area contributed by atoms with E-state index in [2.05, 4.69) is 6.92 Å². The van der Waals surface area contributed by atoms with Crippen molar-refractivity contribution in [3.8, 4) is 0 Å². The Hall–Kier alpha value is -1.15. The first-order chi connectivity index (χ1) is 6.27. The summed E-state index contributed by atoms with van der Waals surface area (Å²) in [5.74, 6) is 0.00477. The monoisotopic (exact) mass is 178 g/mol. The fourth-order valence-electron chi connectivity index (χ4n) is 1.17. The second kappa shape index (κ2) is 4.77. The Bertz CT molecular complexity index is 275. The van der Waals surface area contributed by atoms with Gasteiger partial charge in [-0.3, -0.25) is 4.79 Å². The van der Waals surface area contributed by atoms with Gasteiger partial charge in [0.1, 0.15) is 0 Å². The summed E-state index contributed by atoms with van der Waals surface area (Å²) < 4.78 is 0. The summed E-state index contributed by atoms with van der Waals surface area (Å²) in [4.78, 5) is 11.3. The van der Waals surface area contributed by atoms with E-state index in [1.54, 1.807) is 0 Å². The molecule has 13 heavy (non-hydrogen) atoms. The van der Waals surface area contributed by atoms with Gasteiger partial charge in [0, 0.05) is 12.0 Å². The van der Waals surface area contributed by atoms with Crippen molar-refractivity contribution in [1.82, 2.24) is 0 Å². The summed E-state index contributed by atoms with van der Waals surface area (Å²) in [5.41, 5.74) is 1.91. The smallest absolute Gasteiger partial charge is 0.165 e. The Morgan fingerprint density at radius 1 is 1.31 bits per heavy atom. The quantitative estimate of drug-likeness (QED) is 0.714. The van der Waals surface area contributed by atoms with Gasteiger partial charge in [0.25, 0.3) is 0 Å². The van der Waals surface area contributed by atoms with Crippen molar-refractivity contribution in [3.05, 3.63) is 35.4 Å². The first kappa shape index (κ1) is 9.93. The summed E-state index contributed by atoms with van der Waals surface area (Å²) >= 11 is 0. The predicted molar refractivity (Wildman–Crippen MR) is 51.9 cm³/mol. The van der Waals surface area contributed by atoms with Crippen LogP contribution in [0.3, 0.4) is 0 Å². The molecule has 0 atom stereocenters. The van der Waals surface area contributed by atoms with Gasteiger partial charge in [0.05, 0.1) is 6.61 Å². The minimum atomic E-state index is -0.0750. The molecule has 0 unspecified atom stereocenters. The van der Waals surface area contributed by atoms with Crippen LogP contribution in [0.5, 0.6) is 0 Å². The standard InChI is InChI=1S/C11H14O2/c1-2-9-3-5-10(6-4-9)11(13)7-8-12/h3-6,12H,2,7-8H2,1H3. The summed E-state index contributed by atoms with van der Waals surface area (Å²) in [6.07, 6.45) is 1.19. The molecule has 1 aromatic carbocycles. The van der Waals surface area contributed by atoms with Crippen LogP contribution in [0.1, 0.15) is 29.3 Å². The van der Waals surface area contributed by atoms with E-state index in [0.717, 1.165) is 6.42 Å². The normalized spacial score (nSPS) is 10.0. The molecule has 0 radical (unpaired) electrons. The third-order valence-electron chi connectivity index (χ3n) is 2.02. The lowest BCUT2D eigenvalue weighted by molar-refractivity contribution is 0.0956. The number of aliphatic hydroxyl groups excluding tert-OH is 1. The number of benzene rings is 1. The first-order valence-electron chi connectivity index (χ1n) is 4.51. The molecule has 0 amide bonds. The molecule has 70 valence electrons. The topological polar surface area (TPSA) is 37.3 Å². The summed E-state index contributed by atoms with van der Waals surface area (Å²) in [7, 11) is 0. The lowest BCUT2D eigenvalue weighted by Gasteiger charge is -2.00. The summed E-state index contributed by atoms with van der Waals surface area (Å²) in [5, 5.41) is 8.58. The summed E-state index contributed by atoms with van der Waals surface area (Å²) in [6, 6.07) is 7.53. The average Bonchev–Trinajstić information content (AvgIpc) is 2.18. The van der Waals surface area contributed by atoms with Crippen LogP contribution < -0.4 is 0 Å². The molecular formula is C11H14O2. The minimum absolute atomic E-state index is 0.00477. The molecule has 0 aromatic heterocycles. The average molecular weight is 178 g/mol. The molecule has 0 saturated heterocycles. The maximum absolute atomic E-state index is 11.3. The van der Waals surface area contributed by atoms with Gasteiger partial charge < -0.3 is 5.11 Å². The van der Waals surface area contributed by atoms with Crippen molar-refractivity contribution in [2.75, 3.05) is 6.61 Å².